The van der Waals surface area contributed by atoms with Crippen molar-refractivity contribution in [3.63, 3.8) is 0 Å². The fourth-order valence-electron chi connectivity index (χ4n) is 2.31. The zero-order valence-electron chi connectivity index (χ0n) is 10.8. The monoisotopic (exact) mass is 269 g/mol. The number of rotatable bonds is 4. The van der Waals surface area contributed by atoms with Gasteiger partial charge in [0.15, 0.2) is 0 Å². The number of carboxylic acid groups (broad SMARTS) is 1. The van der Waals surface area contributed by atoms with Crippen LogP contribution in [0.25, 0.3) is 0 Å². The molecule has 0 radical (unpaired) electrons. The first-order chi connectivity index (χ1) is 8.56. The lowest BCUT2D eigenvalue weighted by Crippen LogP contribution is -2.43. The Morgan fingerprint density at radius 1 is 1.67 bits per heavy atom. The molecule has 1 unspecified atom stereocenters. The molecule has 1 N–H and O–H groups in total. The molecule has 1 fully saturated rings. The van der Waals surface area contributed by atoms with Gasteiger partial charge in [-0.15, -0.1) is 0 Å². The Labute approximate surface area is 111 Å². The minimum Gasteiger partial charge on any atom is -0.481 e. The third kappa shape index (κ3) is 3.26. The Hall–Kier alpha value is -1.01. The van der Waals surface area contributed by atoms with Crippen LogP contribution < -0.4 is 0 Å². The average molecular weight is 269 g/mol. The van der Waals surface area contributed by atoms with E-state index in [9.17, 15) is 4.79 Å². The Balaban J connectivity index is 2.05. The number of carbonyl (C=O) groups is 1. The quantitative estimate of drug-likeness (QED) is 0.887. The molecule has 0 aromatic carbocycles. The van der Waals surface area contributed by atoms with Crippen molar-refractivity contribution in [2.75, 3.05) is 18.1 Å². The molecule has 0 amide bonds. The number of carboxylic acids is 1. The molecule has 0 aliphatic carbocycles. The summed E-state index contributed by atoms with van der Waals surface area (Å²) >= 11 is 1.84. The number of aryl methyl sites for hydroxylation is 2. The van der Waals surface area contributed by atoms with Crippen LogP contribution >= 0.6 is 11.8 Å². The molecule has 1 aliphatic rings. The van der Waals surface area contributed by atoms with Crippen LogP contribution in [0.3, 0.4) is 0 Å². The zero-order chi connectivity index (χ0) is 13.1. The van der Waals surface area contributed by atoms with Crippen molar-refractivity contribution in [2.45, 2.75) is 25.9 Å². The summed E-state index contributed by atoms with van der Waals surface area (Å²) in [6.45, 7) is 3.72. The molecule has 5 nitrogen and oxygen atoms in total. The van der Waals surface area contributed by atoms with Crippen molar-refractivity contribution in [3.05, 3.63) is 17.5 Å². The Bertz CT molecular complexity index is 433. The number of hydrogen-bond donors (Lipinski definition) is 1. The van der Waals surface area contributed by atoms with Crippen LogP contribution in [-0.2, 0) is 18.4 Å². The molecular formula is C12H19N3O2S. The molecule has 18 heavy (non-hydrogen) atoms. The minimum absolute atomic E-state index is 0.136. The highest BCUT2D eigenvalue weighted by Gasteiger charge is 2.25. The van der Waals surface area contributed by atoms with E-state index < -0.39 is 5.97 Å². The lowest BCUT2D eigenvalue weighted by atomic mass is 10.2. The topological polar surface area (TPSA) is 58.4 Å². The van der Waals surface area contributed by atoms with Gasteiger partial charge in [0.05, 0.1) is 17.8 Å². The van der Waals surface area contributed by atoms with Crippen LogP contribution in [-0.4, -0.2) is 49.8 Å². The van der Waals surface area contributed by atoms with E-state index in [2.05, 4.69) is 16.1 Å². The normalized spacial score (nSPS) is 21.1. The van der Waals surface area contributed by atoms with Gasteiger partial charge in [0.25, 0.3) is 0 Å². The second-order valence-electron chi connectivity index (χ2n) is 4.70. The summed E-state index contributed by atoms with van der Waals surface area (Å²) in [6.07, 6.45) is 0.226. The summed E-state index contributed by atoms with van der Waals surface area (Å²) in [6, 6.07) is 2.20. The molecule has 1 aromatic rings. The first kappa shape index (κ1) is 13.4. The molecule has 0 spiro atoms. The average Bonchev–Trinajstić information content (AvgIpc) is 2.59. The largest absolute Gasteiger partial charge is 0.481 e. The van der Waals surface area contributed by atoms with Gasteiger partial charge in [-0.2, -0.15) is 16.9 Å². The summed E-state index contributed by atoms with van der Waals surface area (Å²) in [4.78, 5) is 13.1. The lowest BCUT2D eigenvalue weighted by Gasteiger charge is -2.34. The van der Waals surface area contributed by atoms with Gasteiger partial charge >= 0.3 is 5.97 Å². The van der Waals surface area contributed by atoms with Gasteiger partial charge in [0.2, 0.25) is 0 Å². The van der Waals surface area contributed by atoms with E-state index in [1.807, 2.05) is 30.4 Å². The van der Waals surface area contributed by atoms with E-state index in [-0.39, 0.29) is 12.5 Å². The predicted molar refractivity (Wildman–Crippen MR) is 71.7 cm³/mol. The highest BCUT2D eigenvalue weighted by Crippen LogP contribution is 2.21. The standard InChI is InChI=1S/C12H19N3O2S/c1-9-5-10(14(2)13-9)7-15-3-4-18-8-11(15)6-12(16)17/h5,11H,3-4,6-8H2,1-2H3,(H,16,17). The summed E-state index contributed by atoms with van der Waals surface area (Å²) in [5.41, 5.74) is 2.16. The summed E-state index contributed by atoms with van der Waals surface area (Å²) in [5.74, 6) is 1.27. The van der Waals surface area contributed by atoms with Crippen LogP contribution in [0.15, 0.2) is 6.07 Å². The molecule has 100 valence electrons. The lowest BCUT2D eigenvalue weighted by molar-refractivity contribution is -0.138. The second-order valence-corrected chi connectivity index (χ2v) is 5.85. The molecule has 1 aliphatic heterocycles. The molecule has 2 heterocycles. The maximum Gasteiger partial charge on any atom is 0.304 e. The maximum atomic E-state index is 10.9. The van der Waals surface area contributed by atoms with Crippen LogP contribution in [0.2, 0.25) is 0 Å². The van der Waals surface area contributed by atoms with Crippen LogP contribution in [0, 0.1) is 6.92 Å². The molecule has 1 aromatic heterocycles. The predicted octanol–water partition coefficient (Wildman–Crippen LogP) is 1.12. The van der Waals surface area contributed by atoms with Gasteiger partial charge in [-0.05, 0) is 13.0 Å². The highest BCUT2D eigenvalue weighted by atomic mass is 32.2. The molecule has 2 rings (SSSR count). The second kappa shape index (κ2) is 5.75. The summed E-state index contributed by atoms with van der Waals surface area (Å²) in [5, 5.41) is 13.3. The van der Waals surface area contributed by atoms with Crippen molar-refractivity contribution >= 4 is 17.7 Å². The minimum atomic E-state index is -0.714. The first-order valence-corrected chi connectivity index (χ1v) is 7.25. The number of aliphatic carboxylic acids is 1. The van der Waals surface area contributed by atoms with Crippen molar-refractivity contribution < 1.29 is 9.90 Å². The molecular weight excluding hydrogens is 250 g/mol. The van der Waals surface area contributed by atoms with Crippen LogP contribution in [0.4, 0.5) is 0 Å². The Morgan fingerprint density at radius 2 is 2.44 bits per heavy atom. The highest BCUT2D eigenvalue weighted by molar-refractivity contribution is 7.99. The molecule has 0 saturated carbocycles. The summed E-state index contributed by atoms with van der Waals surface area (Å²) in [7, 11) is 1.94. The zero-order valence-corrected chi connectivity index (χ0v) is 11.6. The van der Waals surface area contributed by atoms with Gasteiger partial charge in [-0.3, -0.25) is 14.4 Å². The third-order valence-corrected chi connectivity index (χ3v) is 4.32. The van der Waals surface area contributed by atoms with Gasteiger partial charge in [0, 0.05) is 37.7 Å². The van der Waals surface area contributed by atoms with Crippen molar-refractivity contribution in [3.8, 4) is 0 Å². The SMILES string of the molecule is Cc1cc(CN2CCSCC2CC(=O)O)n(C)n1. The van der Waals surface area contributed by atoms with E-state index in [1.165, 1.54) is 0 Å². The maximum absolute atomic E-state index is 10.9. The van der Waals surface area contributed by atoms with Crippen LogP contribution in [0.1, 0.15) is 17.8 Å². The van der Waals surface area contributed by atoms with Gasteiger partial charge in [0.1, 0.15) is 0 Å². The number of thioether (sulfide) groups is 1. The van der Waals surface area contributed by atoms with E-state index in [4.69, 9.17) is 5.11 Å². The molecule has 0 bridgehead atoms. The van der Waals surface area contributed by atoms with E-state index in [1.54, 1.807) is 0 Å². The number of aromatic nitrogens is 2. The van der Waals surface area contributed by atoms with E-state index in [0.717, 1.165) is 36.0 Å². The number of hydrogen-bond acceptors (Lipinski definition) is 4. The van der Waals surface area contributed by atoms with Gasteiger partial charge in [-0.25, -0.2) is 0 Å². The molecule has 1 atom stereocenters. The summed E-state index contributed by atoms with van der Waals surface area (Å²) < 4.78 is 1.88. The van der Waals surface area contributed by atoms with Crippen LogP contribution in [0.5, 0.6) is 0 Å². The van der Waals surface area contributed by atoms with Crippen molar-refractivity contribution in [1.29, 1.82) is 0 Å². The Morgan fingerprint density at radius 3 is 3.06 bits per heavy atom. The molecule has 1 saturated heterocycles. The van der Waals surface area contributed by atoms with Crippen molar-refractivity contribution in [2.24, 2.45) is 7.05 Å². The third-order valence-electron chi connectivity index (χ3n) is 3.22. The number of nitrogens with zero attached hydrogens (tertiary/aromatic N) is 3. The smallest absolute Gasteiger partial charge is 0.304 e. The van der Waals surface area contributed by atoms with E-state index in [0.29, 0.717) is 0 Å². The van der Waals surface area contributed by atoms with E-state index >= 15 is 0 Å². The van der Waals surface area contributed by atoms with Gasteiger partial charge < -0.3 is 5.11 Å². The fraction of sp³-hybridized carbons (Fsp3) is 0.667. The molecule has 6 heteroatoms. The van der Waals surface area contributed by atoms with Gasteiger partial charge in [-0.1, -0.05) is 0 Å². The van der Waals surface area contributed by atoms with Crippen molar-refractivity contribution in [1.82, 2.24) is 14.7 Å². The fourth-order valence-corrected chi connectivity index (χ4v) is 3.44. The first-order valence-electron chi connectivity index (χ1n) is 6.09. The Kier molecular flexibility index (Phi) is 4.29.